The molecule has 10 atom stereocenters. The van der Waals surface area contributed by atoms with Crippen molar-refractivity contribution in [1.29, 1.82) is 0 Å². The van der Waals surface area contributed by atoms with Gasteiger partial charge in [0.2, 0.25) is 0 Å². The van der Waals surface area contributed by atoms with Gasteiger partial charge in [-0.1, -0.05) is 0 Å². The van der Waals surface area contributed by atoms with Crippen molar-refractivity contribution < 1.29 is 54.7 Å². The van der Waals surface area contributed by atoms with E-state index in [2.05, 4.69) is 0 Å². The highest BCUT2D eigenvalue weighted by Gasteiger charge is 2.47. The summed E-state index contributed by atoms with van der Waals surface area (Å²) in [5.41, 5.74) is 0. The van der Waals surface area contributed by atoms with Crippen molar-refractivity contribution in [1.82, 2.24) is 0 Å². The minimum atomic E-state index is -1.60. The second kappa shape index (κ2) is 8.29. The molecule has 0 aromatic carbocycles. The molecule has 2 rings (SSSR count). The average molecular weight is 356 g/mol. The highest BCUT2D eigenvalue weighted by atomic mass is 16.7. The fourth-order valence-electron chi connectivity index (χ4n) is 2.64. The Morgan fingerprint density at radius 2 is 1.21 bits per heavy atom. The first-order valence-electron chi connectivity index (χ1n) is 7.46. The number of hydrogen-bond acceptors (Lipinski definition) is 11. The van der Waals surface area contributed by atoms with Gasteiger partial charge in [-0.25, -0.2) is 0 Å². The first kappa shape index (κ1) is 19.9. The van der Waals surface area contributed by atoms with Gasteiger partial charge in [0, 0.05) is 7.11 Å². The summed E-state index contributed by atoms with van der Waals surface area (Å²) in [7, 11) is 1.24. The van der Waals surface area contributed by atoms with Crippen LogP contribution >= 0.6 is 0 Å². The molecule has 11 heteroatoms. The number of ether oxygens (including phenoxy) is 4. The quantitative estimate of drug-likeness (QED) is 0.251. The van der Waals surface area contributed by atoms with Gasteiger partial charge in [0.15, 0.2) is 12.6 Å². The van der Waals surface area contributed by atoms with Gasteiger partial charge in [0.1, 0.15) is 48.8 Å². The molecule has 0 spiro atoms. The molecule has 2 fully saturated rings. The molecular weight excluding hydrogens is 332 g/mol. The minimum Gasteiger partial charge on any atom is -0.394 e. The lowest BCUT2D eigenvalue weighted by Gasteiger charge is -2.42. The third kappa shape index (κ3) is 3.86. The summed E-state index contributed by atoms with van der Waals surface area (Å²) < 4.78 is 20.5. The molecule has 0 aliphatic carbocycles. The van der Waals surface area contributed by atoms with E-state index < -0.39 is 68.0 Å². The molecule has 142 valence electrons. The van der Waals surface area contributed by atoms with E-state index in [9.17, 15) is 30.6 Å². The summed E-state index contributed by atoms with van der Waals surface area (Å²) in [6.07, 6.45) is -14.0. The third-order valence-electron chi connectivity index (χ3n) is 4.17. The van der Waals surface area contributed by atoms with E-state index in [-0.39, 0.29) is 6.61 Å². The Balaban J connectivity index is 1.96. The van der Waals surface area contributed by atoms with Gasteiger partial charge in [-0.3, -0.25) is 0 Å². The summed E-state index contributed by atoms with van der Waals surface area (Å²) in [6.45, 7) is -0.989. The van der Waals surface area contributed by atoms with Crippen molar-refractivity contribution in [2.24, 2.45) is 0 Å². The van der Waals surface area contributed by atoms with Crippen molar-refractivity contribution >= 4 is 0 Å². The van der Waals surface area contributed by atoms with Crippen LogP contribution in [0.3, 0.4) is 0 Å². The van der Waals surface area contributed by atoms with Crippen LogP contribution in [0, 0.1) is 0 Å². The summed E-state index contributed by atoms with van der Waals surface area (Å²) in [5, 5.41) is 67.6. The Morgan fingerprint density at radius 3 is 1.75 bits per heavy atom. The molecule has 0 radical (unpaired) electrons. The second-order valence-electron chi connectivity index (χ2n) is 5.78. The maximum Gasteiger partial charge on any atom is 0.186 e. The normalized spacial score (nSPS) is 50.0. The topological polar surface area (TPSA) is 179 Å². The summed E-state index contributed by atoms with van der Waals surface area (Å²) in [4.78, 5) is 0. The molecule has 2 aliphatic heterocycles. The Hall–Kier alpha value is -0.440. The Bertz CT molecular complexity index is 356. The van der Waals surface area contributed by atoms with Crippen molar-refractivity contribution in [2.45, 2.75) is 61.4 Å². The second-order valence-corrected chi connectivity index (χ2v) is 5.78. The van der Waals surface area contributed by atoms with E-state index in [0.717, 1.165) is 0 Å². The van der Waals surface area contributed by atoms with Crippen LogP contribution in [0.25, 0.3) is 0 Å². The van der Waals surface area contributed by atoms with Gasteiger partial charge < -0.3 is 54.7 Å². The molecule has 2 heterocycles. The molecule has 0 saturated carbocycles. The maximum absolute atomic E-state index is 9.91. The largest absolute Gasteiger partial charge is 0.394 e. The highest BCUT2D eigenvalue weighted by molar-refractivity contribution is 4.91. The third-order valence-corrected chi connectivity index (χ3v) is 4.17. The Kier molecular flexibility index (Phi) is 6.87. The zero-order valence-electron chi connectivity index (χ0n) is 13.0. The summed E-state index contributed by atoms with van der Waals surface area (Å²) >= 11 is 0. The zero-order chi connectivity index (χ0) is 18.0. The van der Waals surface area contributed by atoms with Crippen molar-refractivity contribution in [3.8, 4) is 0 Å². The van der Waals surface area contributed by atoms with Crippen LogP contribution in [0.1, 0.15) is 0 Å². The summed E-state index contributed by atoms with van der Waals surface area (Å²) in [5.74, 6) is 0. The zero-order valence-corrected chi connectivity index (χ0v) is 13.0. The molecule has 24 heavy (non-hydrogen) atoms. The van der Waals surface area contributed by atoms with Crippen LogP contribution in [0.2, 0.25) is 0 Å². The number of hydrogen-bond donors (Lipinski definition) is 7. The maximum atomic E-state index is 9.91. The van der Waals surface area contributed by atoms with Crippen LogP contribution in [0.4, 0.5) is 0 Å². The fraction of sp³-hybridized carbons (Fsp3) is 1.00. The fourth-order valence-corrected chi connectivity index (χ4v) is 2.64. The molecule has 9 unspecified atom stereocenters. The molecule has 2 aliphatic rings. The molecular formula is C13H24O11. The van der Waals surface area contributed by atoms with Gasteiger partial charge in [-0.05, 0) is 0 Å². The number of aliphatic hydroxyl groups excluding tert-OH is 7. The highest BCUT2D eigenvalue weighted by Crippen LogP contribution is 2.25. The van der Waals surface area contributed by atoms with E-state index in [4.69, 9.17) is 24.1 Å². The molecule has 2 saturated heterocycles. The first-order chi connectivity index (χ1) is 11.3. The van der Waals surface area contributed by atoms with Crippen molar-refractivity contribution in [3.63, 3.8) is 0 Å². The number of methoxy groups -OCH3 is 1. The van der Waals surface area contributed by atoms with E-state index in [1.165, 1.54) is 7.11 Å². The van der Waals surface area contributed by atoms with Gasteiger partial charge in [0.25, 0.3) is 0 Å². The van der Waals surface area contributed by atoms with Gasteiger partial charge in [0.05, 0.1) is 13.2 Å². The van der Waals surface area contributed by atoms with Crippen molar-refractivity contribution in [3.05, 3.63) is 0 Å². The molecule has 0 aromatic heterocycles. The van der Waals surface area contributed by atoms with E-state index in [1.807, 2.05) is 0 Å². The number of rotatable bonds is 5. The van der Waals surface area contributed by atoms with Crippen LogP contribution in [0.5, 0.6) is 0 Å². The average Bonchev–Trinajstić information content (AvgIpc) is 2.58. The molecule has 7 N–H and O–H groups in total. The SMILES string of the molecule is COC1OC(COC2OC(CO)[C@H](O)C(O)C2O)C(O)C(O)C1O. The molecule has 0 amide bonds. The summed E-state index contributed by atoms with van der Waals surface area (Å²) in [6, 6.07) is 0. The lowest BCUT2D eigenvalue weighted by Crippen LogP contribution is -2.61. The Morgan fingerprint density at radius 1 is 0.708 bits per heavy atom. The van der Waals surface area contributed by atoms with Gasteiger partial charge in [-0.15, -0.1) is 0 Å². The minimum absolute atomic E-state index is 0.381. The van der Waals surface area contributed by atoms with Gasteiger partial charge in [-0.2, -0.15) is 0 Å². The predicted octanol–water partition coefficient (Wildman–Crippen LogP) is -4.74. The monoisotopic (exact) mass is 356 g/mol. The van der Waals surface area contributed by atoms with E-state index >= 15 is 0 Å². The van der Waals surface area contributed by atoms with E-state index in [0.29, 0.717) is 0 Å². The van der Waals surface area contributed by atoms with Crippen LogP contribution < -0.4 is 0 Å². The standard InChI is InChI=1S/C13H24O11/c1-21-12-10(19)9(18)7(16)5(24-12)3-22-13-11(20)8(17)6(15)4(2-14)23-13/h4-20H,2-3H2,1H3/t4?,5?,6-,7?,8?,9?,10?,11?,12?,13?/m0/s1. The lowest BCUT2D eigenvalue weighted by atomic mass is 9.98. The van der Waals surface area contributed by atoms with Crippen LogP contribution in [0.15, 0.2) is 0 Å². The molecule has 11 nitrogen and oxygen atoms in total. The smallest absolute Gasteiger partial charge is 0.186 e. The number of aliphatic hydroxyl groups is 7. The lowest BCUT2D eigenvalue weighted by molar-refractivity contribution is -0.328. The van der Waals surface area contributed by atoms with Crippen molar-refractivity contribution in [2.75, 3.05) is 20.3 Å². The van der Waals surface area contributed by atoms with Crippen LogP contribution in [-0.4, -0.2) is 117 Å². The van der Waals surface area contributed by atoms with Crippen LogP contribution in [-0.2, 0) is 18.9 Å². The Labute approximate surface area is 137 Å². The predicted molar refractivity (Wildman–Crippen MR) is 73.4 cm³/mol. The first-order valence-corrected chi connectivity index (χ1v) is 7.46. The molecule has 0 bridgehead atoms. The van der Waals surface area contributed by atoms with E-state index in [1.54, 1.807) is 0 Å². The van der Waals surface area contributed by atoms with Gasteiger partial charge >= 0.3 is 0 Å². The molecule has 0 aromatic rings.